The summed E-state index contributed by atoms with van der Waals surface area (Å²) in [6.07, 6.45) is 6.49. The Labute approximate surface area is 117 Å². The standard InChI is InChI=1S/C15H17N3O2/c19-14(15-17-7-10-20-15)12-4-8-18(9-5-12)11-13-3-1-2-6-16-13/h1-3,6-7,10,12H,4-5,8-9,11H2. The van der Waals surface area contributed by atoms with Gasteiger partial charge >= 0.3 is 0 Å². The lowest BCUT2D eigenvalue weighted by atomic mass is 9.92. The largest absolute Gasteiger partial charge is 0.442 e. The van der Waals surface area contributed by atoms with Crippen molar-refractivity contribution in [3.63, 3.8) is 0 Å². The van der Waals surface area contributed by atoms with Crippen molar-refractivity contribution in [2.24, 2.45) is 5.92 Å². The average molecular weight is 271 g/mol. The molecule has 0 amide bonds. The Morgan fingerprint density at radius 3 is 2.75 bits per heavy atom. The molecule has 5 heteroatoms. The van der Waals surface area contributed by atoms with Crippen LogP contribution in [0.3, 0.4) is 0 Å². The third-order valence-electron chi connectivity index (χ3n) is 3.71. The number of Topliss-reactive ketones (excluding diaryl/α,β-unsaturated/α-hetero) is 1. The molecular formula is C15H17N3O2. The van der Waals surface area contributed by atoms with E-state index in [9.17, 15) is 4.79 Å². The molecule has 1 aliphatic rings. The first-order valence-electron chi connectivity index (χ1n) is 6.89. The van der Waals surface area contributed by atoms with E-state index >= 15 is 0 Å². The zero-order chi connectivity index (χ0) is 13.8. The van der Waals surface area contributed by atoms with Crippen LogP contribution in [0.15, 0.2) is 41.3 Å². The van der Waals surface area contributed by atoms with Gasteiger partial charge in [-0.1, -0.05) is 6.07 Å². The van der Waals surface area contributed by atoms with Gasteiger partial charge < -0.3 is 4.42 Å². The second-order valence-corrected chi connectivity index (χ2v) is 5.07. The molecule has 3 rings (SSSR count). The second-order valence-electron chi connectivity index (χ2n) is 5.07. The van der Waals surface area contributed by atoms with Gasteiger partial charge in [-0.25, -0.2) is 4.98 Å². The summed E-state index contributed by atoms with van der Waals surface area (Å²) in [7, 11) is 0. The summed E-state index contributed by atoms with van der Waals surface area (Å²) in [6, 6.07) is 5.95. The van der Waals surface area contributed by atoms with Crippen LogP contribution in [-0.2, 0) is 6.54 Å². The fraction of sp³-hybridized carbons (Fsp3) is 0.400. The van der Waals surface area contributed by atoms with Crippen LogP contribution in [-0.4, -0.2) is 33.7 Å². The van der Waals surface area contributed by atoms with Gasteiger partial charge in [-0.3, -0.25) is 14.7 Å². The molecule has 0 bridgehead atoms. The highest BCUT2D eigenvalue weighted by Gasteiger charge is 2.28. The molecule has 5 nitrogen and oxygen atoms in total. The lowest BCUT2D eigenvalue weighted by Crippen LogP contribution is -2.36. The van der Waals surface area contributed by atoms with Gasteiger partial charge in [-0.05, 0) is 38.1 Å². The number of carbonyl (C=O) groups is 1. The van der Waals surface area contributed by atoms with Crippen LogP contribution in [0.4, 0.5) is 0 Å². The summed E-state index contributed by atoms with van der Waals surface area (Å²) in [6.45, 7) is 2.67. The number of hydrogen-bond acceptors (Lipinski definition) is 5. The molecular weight excluding hydrogens is 254 g/mol. The van der Waals surface area contributed by atoms with Crippen LogP contribution in [0.5, 0.6) is 0 Å². The van der Waals surface area contributed by atoms with Gasteiger partial charge in [0.25, 0.3) is 5.89 Å². The molecule has 0 aliphatic carbocycles. The number of pyridine rings is 1. The van der Waals surface area contributed by atoms with E-state index in [1.165, 1.54) is 12.5 Å². The maximum Gasteiger partial charge on any atom is 0.263 e. The van der Waals surface area contributed by atoms with Crippen LogP contribution in [0.25, 0.3) is 0 Å². The van der Waals surface area contributed by atoms with Gasteiger partial charge in [0.1, 0.15) is 6.26 Å². The molecule has 0 aromatic carbocycles. The summed E-state index contributed by atoms with van der Waals surface area (Å²) in [5.41, 5.74) is 1.07. The predicted molar refractivity (Wildman–Crippen MR) is 73.1 cm³/mol. The second kappa shape index (κ2) is 5.96. The van der Waals surface area contributed by atoms with E-state index < -0.39 is 0 Å². The molecule has 104 valence electrons. The number of rotatable bonds is 4. The Balaban J connectivity index is 1.53. The number of nitrogens with zero attached hydrogens (tertiary/aromatic N) is 3. The molecule has 1 saturated heterocycles. The number of piperidine rings is 1. The van der Waals surface area contributed by atoms with Crippen LogP contribution < -0.4 is 0 Å². The summed E-state index contributed by atoms with van der Waals surface area (Å²) in [5, 5.41) is 0. The predicted octanol–water partition coefficient (Wildman–Crippen LogP) is 2.16. The van der Waals surface area contributed by atoms with E-state index in [0.717, 1.165) is 38.2 Å². The molecule has 1 aliphatic heterocycles. The highest BCUT2D eigenvalue weighted by Crippen LogP contribution is 2.22. The smallest absolute Gasteiger partial charge is 0.263 e. The van der Waals surface area contributed by atoms with E-state index in [0.29, 0.717) is 0 Å². The monoisotopic (exact) mass is 271 g/mol. The molecule has 0 unspecified atom stereocenters. The Morgan fingerprint density at radius 2 is 2.10 bits per heavy atom. The van der Waals surface area contributed by atoms with E-state index in [2.05, 4.69) is 14.9 Å². The topological polar surface area (TPSA) is 59.2 Å². The maximum atomic E-state index is 12.1. The molecule has 2 aromatic heterocycles. The Kier molecular flexibility index (Phi) is 3.87. The maximum absolute atomic E-state index is 12.1. The average Bonchev–Trinajstić information content (AvgIpc) is 3.03. The van der Waals surface area contributed by atoms with Crippen molar-refractivity contribution >= 4 is 5.78 Å². The molecule has 0 radical (unpaired) electrons. The quantitative estimate of drug-likeness (QED) is 0.798. The van der Waals surface area contributed by atoms with Crippen molar-refractivity contribution in [2.45, 2.75) is 19.4 Å². The van der Waals surface area contributed by atoms with E-state index in [1.54, 1.807) is 0 Å². The normalized spacial score (nSPS) is 17.2. The van der Waals surface area contributed by atoms with Gasteiger partial charge in [-0.15, -0.1) is 0 Å². The molecule has 0 spiro atoms. The Morgan fingerprint density at radius 1 is 1.25 bits per heavy atom. The zero-order valence-electron chi connectivity index (χ0n) is 11.2. The van der Waals surface area contributed by atoms with Crippen molar-refractivity contribution in [3.8, 4) is 0 Å². The molecule has 0 atom stereocenters. The summed E-state index contributed by atoms with van der Waals surface area (Å²) >= 11 is 0. The summed E-state index contributed by atoms with van der Waals surface area (Å²) in [5.74, 6) is 0.314. The zero-order valence-corrected chi connectivity index (χ0v) is 11.2. The molecule has 2 aromatic rings. The van der Waals surface area contributed by atoms with Crippen LogP contribution in [0, 0.1) is 5.92 Å². The van der Waals surface area contributed by atoms with Crippen molar-refractivity contribution in [2.75, 3.05) is 13.1 Å². The molecule has 0 saturated carbocycles. The highest BCUT2D eigenvalue weighted by molar-refractivity contribution is 5.93. The minimum atomic E-state index is 0.0347. The number of ketones is 1. The first-order chi connectivity index (χ1) is 9.83. The fourth-order valence-corrected chi connectivity index (χ4v) is 2.59. The van der Waals surface area contributed by atoms with Crippen molar-refractivity contribution < 1.29 is 9.21 Å². The number of oxazole rings is 1. The minimum Gasteiger partial charge on any atom is -0.442 e. The van der Waals surface area contributed by atoms with E-state index in [1.807, 2.05) is 24.4 Å². The summed E-state index contributed by atoms with van der Waals surface area (Å²) in [4.78, 5) is 22.7. The van der Waals surface area contributed by atoms with Crippen LogP contribution in [0.1, 0.15) is 29.2 Å². The van der Waals surface area contributed by atoms with Crippen molar-refractivity contribution in [3.05, 3.63) is 48.4 Å². The molecule has 0 N–H and O–H groups in total. The summed E-state index contributed by atoms with van der Waals surface area (Å²) < 4.78 is 5.09. The number of likely N-dealkylation sites (tertiary alicyclic amines) is 1. The fourth-order valence-electron chi connectivity index (χ4n) is 2.59. The lowest BCUT2D eigenvalue weighted by Gasteiger charge is -2.30. The van der Waals surface area contributed by atoms with E-state index in [4.69, 9.17) is 4.42 Å². The highest BCUT2D eigenvalue weighted by atomic mass is 16.3. The van der Waals surface area contributed by atoms with Gasteiger partial charge in [0.15, 0.2) is 0 Å². The van der Waals surface area contributed by atoms with Gasteiger partial charge in [0, 0.05) is 18.7 Å². The van der Waals surface area contributed by atoms with Gasteiger partial charge in [0.2, 0.25) is 5.78 Å². The number of hydrogen-bond donors (Lipinski definition) is 0. The first-order valence-corrected chi connectivity index (χ1v) is 6.89. The minimum absolute atomic E-state index is 0.0347. The van der Waals surface area contributed by atoms with Crippen LogP contribution >= 0.6 is 0 Å². The third kappa shape index (κ3) is 2.93. The molecule has 20 heavy (non-hydrogen) atoms. The molecule has 3 heterocycles. The molecule has 1 fully saturated rings. The van der Waals surface area contributed by atoms with E-state index in [-0.39, 0.29) is 17.6 Å². The first kappa shape index (κ1) is 13.0. The number of carbonyl (C=O) groups excluding carboxylic acids is 1. The van der Waals surface area contributed by atoms with Crippen LogP contribution in [0.2, 0.25) is 0 Å². The van der Waals surface area contributed by atoms with Crippen molar-refractivity contribution in [1.29, 1.82) is 0 Å². The van der Waals surface area contributed by atoms with Gasteiger partial charge in [0.05, 0.1) is 11.9 Å². The SMILES string of the molecule is O=C(c1ncco1)C1CCN(Cc2ccccn2)CC1. The third-order valence-corrected chi connectivity index (χ3v) is 3.71. The Bertz CT molecular complexity index is 546. The van der Waals surface area contributed by atoms with Gasteiger partial charge in [-0.2, -0.15) is 0 Å². The van der Waals surface area contributed by atoms with Crippen molar-refractivity contribution in [1.82, 2.24) is 14.9 Å². The number of aromatic nitrogens is 2. The Hall–Kier alpha value is -2.01. The lowest BCUT2D eigenvalue weighted by molar-refractivity contribution is 0.0798.